The summed E-state index contributed by atoms with van der Waals surface area (Å²) >= 11 is 1.72. The smallest absolute Gasteiger partial charge is 0.253 e. The molecule has 2 aromatic heterocycles. The predicted octanol–water partition coefficient (Wildman–Crippen LogP) is 3.71. The highest BCUT2D eigenvalue weighted by Crippen LogP contribution is 2.30. The number of benzene rings is 1. The third kappa shape index (κ3) is 5.23. The molecular formula is C25H31N5O2S. The number of aryl methyl sites for hydroxylation is 1. The zero-order chi connectivity index (χ0) is 22.6. The maximum atomic E-state index is 13.2. The third-order valence-electron chi connectivity index (χ3n) is 6.63. The van der Waals surface area contributed by atoms with E-state index in [2.05, 4.69) is 21.8 Å². The Morgan fingerprint density at radius 1 is 1.24 bits per heavy atom. The molecule has 0 spiro atoms. The Balaban J connectivity index is 1.24. The Hall–Kier alpha value is -2.42. The lowest BCUT2D eigenvalue weighted by Crippen LogP contribution is -2.39. The van der Waals surface area contributed by atoms with Crippen LogP contribution in [0, 0.1) is 6.92 Å². The van der Waals surface area contributed by atoms with E-state index in [9.17, 15) is 4.79 Å². The van der Waals surface area contributed by atoms with Crippen molar-refractivity contribution in [2.24, 2.45) is 0 Å². The average Bonchev–Trinajstić information content (AvgIpc) is 3.33. The van der Waals surface area contributed by atoms with Gasteiger partial charge in [0.25, 0.3) is 5.91 Å². The fourth-order valence-electron chi connectivity index (χ4n) is 4.76. The monoisotopic (exact) mass is 465 g/mol. The molecule has 1 aromatic carbocycles. The highest BCUT2D eigenvalue weighted by atomic mass is 32.2. The minimum atomic E-state index is 0.100. The largest absolute Gasteiger partial charge is 0.379 e. The number of nitrogens with one attached hydrogen (secondary N) is 1. The van der Waals surface area contributed by atoms with Gasteiger partial charge in [0.15, 0.2) is 5.16 Å². The SMILES string of the molecule is Cc1cnc(SCCN2CCOCC2)nc1[C@@H]1CCCN(C(=O)c2ccc3cc[nH]c3c2)C1. The summed E-state index contributed by atoms with van der Waals surface area (Å²) in [4.78, 5) is 30.4. The molecule has 7 nitrogen and oxygen atoms in total. The summed E-state index contributed by atoms with van der Waals surface area (Å²) in [6, 6.07) is 7.92. The molecule has 174 valence electrons. The molecule has 1 atom stereocenters. The Kier molecular flexibility index (Phi) is 6.94. The molecule has 2 saturated heterocycles. The van der Waals surface area contributed by atoms with Crippen LogP contribution in [-0.4, -0.2) is 82.3 Å². The van der Waals surface area contributed by atoms with Crippen molar-refractivity contribution in [3.05, 3.63) is 53.5 Å². The maximum absolute atomic E-state index is 13.2. The van der Waals surface area contributed by atoms with Gasteiger partial charge in [-0.25, -0.2) is 9.97 Å². The first kappa shape index (κ1) is 22.4. The minimum absolute atomic E-state index is 0.100. The van der Waals surface area contributed by atoms with Crippen LogP contribution < -0.4 is 0 Å². The number of thioether (sulfide) groups is 1. The quantitative estimate of drug-likeness (QED) is 0.442. The summed E-state index contributed by atoms with van der Waals surface area (Å²) in [5.41, 5.74) is 3.94. The number of piperidine rings is 1. The van der Waals surface area contributed by atoms with Gasteiger partial charge in [-0.1, -0.05) is 17.8 Å². The van der Waals surface area contributed by atoms with Crippen molar-refractivity contribution in [3.63, 3.8) is 0 Å². The summed E-state index contributed by atoms with van der Waals surface area (Å²) in [7, 11) is 0. The molecule has 3 aromatic rings. The van der Waals surface area contributed by atoms with Crippen LogP contribution in [0.4, 0.5) is 0 Å². The molecule has 2 aliphatic rings. The number of aromatic amines is 1. The first-order valence-corrected chi connectivity index (χ1v) is 12.8. The van der Waals surface area contributed by atoms with Gasteiger partial charge in [-0.3, -0.25) is 9.69 Å². The topological polar surface area (TPSA) is 74.3 Å². The number of morpholine rings is 1. The Bertz CT molecular complexity index is 1110. The highest BCUT2D eigenvalue weighted by molar-refractivity contribution is 7.99. The van der Waals surface area contributed by atoms with Crippen molar-refractivity contribution in [1.82, 2.24) is 24.8 Å². The van der Waals surface area contributed by atoms with Gasteiger partial charge in [-0.2, -0.15) is 0 Å². The lowest BCUT2D eigenvalue weighted by Gasteiger charge is -2.33. The van der Waals surface area contributed by atoms with Gasteiger partial charge in [-0.15, -0.1) is 0 Å². The van der Waals surface area contributed by atoms with Crippen LogP contribution in [-0.2, 0) is 4.74 Å². The third-order valence-corrected chi connectivity index (χ3v) is 7.47. The van der Waals surface area contributed by atoms with E-state index in [1.54, 1.807) is 11.8 Å². The number of hydrogen-bond acceptors (Lipinski definition) is 6. The molecule has 1 N–H and O–H groups in total. The molecule has 0 unspecified atom stereocenters. The van der Waals surface area contributed by atoms with E-state index in [-0.39, 0.29) is 11.8 Å². The van der Waals surface area contributed by atoms with E-state index in [1.807, 2.05) is 41.6 Å². The van der Waals surface area contributed by atoms with Crippen LogP contribution >= 0.6 is 11.8 Å². The standard InChI is InChI=1S/C25H31N5O2S/c1-18-16-27-25(33-14-11-29-9-12-32-13-10-29)28-23(18)21-3-2-8-30(17-21)24(31)20-5-4-19-6-7-26-22(19)15-20/h4-7,15-16,21,26H,2-3,8-14,17H2,1H3/t21-/m1/s1. The molecule has 8 heteroatoms. The van der Waals surface area contributed by atoms with Crippen LogP contribution in [0.15, 0.2) is 41.8 Å². The van der Waals surface area contributed by atoms with Gasteiger partial charge in [0.2, 0.25) is 0 Å². The predicted molar refractivity (Wildman–Crippen MR) is 131 cm³/mol. The van der Waals surface area contributed by atoms with Crippen LogP contribution in [0.2, 0.25) is 0 Å². The molecule has 1 amide bonds. The van der Waals surface area contributed by atoms with E-state index < -0.39 is 0 Å². The maximum Gasteiger partial charge on any atom is 0.253 e. The number of hydrogen-bond donors (Lipinski definition) is 1. The number of likely N-dealkylation sites (tertiary alicyclic amines) is 1. The summed E-state index contributed by atoms with van der Waals surface area (Å²) in [5, 5.41) is 1.96. The van der Waals surface area contributed by atoms with Crippen LogP contribution in [0.5, 0.6) is 0 Å². The fourth-order valence-corrected chi connectivity index (χ4v) is 5.58. The molecular weight excluding hydrogens is 434 g/mol. The number of aromatic nitrogens is 3. The van der Waals surface area contributed by atoms with Gasteiger partial charge in [0, 0.05) is 67.9 Å². The molecule has 0 aliphatic carbocycles. The second-order valence-electron chi connectivity index (χ2n) is 8.89. The molecule has 33 heavy (non-hydrogen) atoms. The highest BCUT2D eigenvalue weighted by Gasteiger charge is 2.28. The molecule has 2 aliphatic heterocycles. The summed E-state index contributed by atoms with van der Waals surface area (Å²) in [5.74, 6) is 1.32. The van der Waals surface area contributed by atoms with Crippen molar-refractivity contribution >= 4 is 28.6 Å². The van der Waals surface area contributed by atoms with E-state index in [4.69, 9.17) is 9.72 Å². The van der Waals surface area contributed by atoms with Crippen LogP contribution in [0.3, 0.4) is 0 Å². The van der Waals surface area contributed by atoms with Crippen molar-refractivity contribution in [2.45, 2.75) is 30.8 Å². The number of rotatable bonds is 6. The lowest BCUT2D eigenvalue weighted by atomic mass is 9.92. The lowest BCUT2D eigenvalue weighted by molar-refractivity contribution is 0.0410. The normalized spacial score (nSPS) is 19.8. The number of amides is 1. The van der Waals surface area contributed by atoms with E-state index in [1.165, 1.54) is 0 Å². The average molecular weight is 466 g/mol. The Morgan fingerprint density at radius 3 is 3.00 bits per heavy atom. The van der Waals surface area contributed by atoms with Crippen molar-refractivity contribution in [3.8, 4) is 0 Å². The van der Waals surface area contributed by atoms with Crippen molar-refractivity contribution in [1.29, 1.82) is 0 Å². The fraction of sp³-hybridized carbons (Fsp3) is 0.480. The molecule has 0 saturated carbocycles. The first-order chi connectivity index (χ1) is 16.2. The van der Waals surface area contributed by atoms with Gasteiger partial charge in [0.1, 0.15) is 0 Å². The van der Waals surface area contributed by atoms with E-state index >= 15 is 0 Å². The van der Waals surface area contributed by atoms with E-state index in [0.29, 0.717) is 6.54 Å². The second-order valence-corrected chi connectivity index (χ2v) is 9.96. The molecule has 5 rings (SSSR count). The summed E-state index contributed by atoms with van der Waals surface area (Å²) in [6.07, 6.45) is 5.89. The van der Waals surface area contributed by atoms with Gasteiger partial charge < -0.3 is 14.6 Å². The molecule has 0 radical (unpaired) electrons. The first-order valence-electron chi connectivity index (χ1n) is 11.8. The van der Waals surface area contributed by atoms with Crippen molar-refractivity contribution in [2.75, 3.05) is 51.7 Å². The second kappa shape index (κ2) is 10.2. The zero-order valence-corrected chi connectivity index (χ0v) is 19.9. The zero-order valence-electron chi connectivity index (χ0n) is 19.1. The molecule has 0 bridgehead atoms. The number of H-pyrrole nitrogens is 1. The number of carbonyl (C=O) groups excluding carboxylic acids is 1. The van der Waals surface area contributed by atoms with Crippen LogP contribution in [0.25, 0.3) is 10.9 Å². The number of ether oxygens (including phenoxy) is 1. The number of carbonyl (C=O) groups is 1. The van der Waals surface area contributed by atoms with Crippen molar-refractivity contribution < 1.29 is 9.53 Å². The van der Waals surface area contributed by atoms with Gasteiger partial charge in [0.05, 0.1) is 18.9 Å². The van der Waals surface area contributed by atoms with Crippen LogP contribution in [0.1, 0.15) is 40.4 Å². The Labute approximate surface area is 198 Å². The van der Waals surface area contributed by atoms with E-state index in [0.717, 1.165) is 90.9 Å². The summed E-state index contributed by atoms with van der Waals surface area (Å²) < 4.78 is 5.43. The van der Waals surface area contributed by atoms with Gasteiger partial charge >= 0.3 is 0 Å². The number of fused-ring (bicyclic) bond motifs is 1. The Morgan fingerprint density at radius 2 is 2.12 bits per heavy atom. The minimum Gasteiger partial charge on any atom is -0.379 e. The number of nitrogens with zero attached hydrogens (tertiary/aromatic N) is 4. The molecule has 4 heterocycles. The summed E-state index contributed by atoms with van der Waals surface area (Å²) in [6.45, 7) is 8.26. The molecule has 2 fully saturated rings. The van der Waals surface area contributed by atoms with Gasteiger partial charge in [-0.05, 0) is 48.9 Å².